The first-order valence-corrected chi connectivity index (χ1v) is 15.0. The molecule has 41 heavy (non-hydrogen) atoms. The van der Waals surface area contributed by atoms with Crippen LogP contribution in [0.2, 0.25) is 0 Å². The molecule has 0 saturated heterocycles. The second kappa shape index (κ2) is 8.60. The lowest BCUT2D eigenvalue weighted by molar-refractivity contribution is 0.332. The van der Waals surface area contributed by atoms with Crippen molar-refractivity contribution in [3.8, 4) is 5.69 Å². The molecule has 2 nitrogen and oxygen atoms in total. The molecule has 0 N–H and O–H groups in total. The molecule has 2 heterocycles. The second-order valence-corrected chi connectivity index (χ2v) is 13.3. The third-order valence-corrected chi connectivity index (χ3v) is 9.83. The molecule has 202 valence electrons. The molecule has 2 aromatic heterocycles. The van der Waals surface area contributed by atoms with Gasteiger partial charge in [0, 0.05) is 39.3 Å². The molecule has 0 bridgehead atoms. The van der Waals surface area contributed by atoms with Crippen LogP contribution in [0, 0.1) is 0 Å². The van der Waals surface area contributed by atoms with Gasteiger partial charge < -0.3 is 9.13 Å². The summed E-state index contributed by atoms with van der Waals surface area (Å²) < 4.78 is 5.10. The van der Waals surface area contributed by atoms with Crippen molar-refractivity contribution in [3.63, 3.8) is 0 Å². The van der Waals surface area contributed by atoms with Crippen LogP contribution >= 0.6 is 0 Å². The van der Waals surface area contributed by atoms with Crippen molar-refractivity contribution in [1.82, 2.24) is 9.13 Å². The zero-order valence-corrected chi connectivity index (χ0v) is 24.4. The lowest BCUT2D eigenvalue weighted by Crippen LogP contribution is -2.33. The van der Waals surface area contributed by atoms with E-state index in [9.17, 15) is 0 Å². The molecule has 0 fully saturated rings. The van der Waals surface area contributed by atoms with Gasteiger partial charge in [-0.05, 0) is 70.7 Å². The Bertz CT molecular complexity index is 2100. The molecule has 8 rings (SSSR count). The molecule has 0 radical (unpaired) electrons. The first kappa shape index (κ1) is 24.5. The molecular formula is C39H36N2. The monoisotopic (exact) mass is 532 g/mol. The minimum atomic E-state index is 0.147. The van der Waals surface area contributed by atoms with Crippen molar-refractivity contribution in [3.05, 3.63) is 126 Å². The summed E-state index contributed by atoms with van der Waals surface area (Å²) in [4.78, 5) is 0. The minimum absolute atomic E-state index is 0.147. The normalized spacial score (nSPS) is 16.1. The standard InChI is InChI=1S/C39H36N2/c1-38(2)21-22-39(3,4)33-24-35-31(23-32(33)38)30-20-19-29-28-17-11-12-18-34(28)40(25-26-13-7-5-8-14-26)36(29)37(30)41(35)27-15-9-6-10-16-27/h5-20,23-24H,21-22,25H2,1-4H3. The van der Waals surface area contributed by atoms with Gasteiger partial charge in [0.2, 0.25) is 0 Å². The predicted molar refractivity (Wildman–Crippen MR) is 175 cm³/mol. The van der Waals surface area contributed by atoms with Crippen LogP contribution in [0.5, 0.6) is 0 Å². The summed E-state index contributed by atoms with van der Waals surface area (Å²) in [6.45, 7) is 10.5. The zero-order valence-electron chi connectivity index (χ0n) is 24.4. The summed E-state index contributed by atoms with van der Waals surface area (Å²) in [7, 11) is 0. The van der Waals surface area contributed by atoms with Crippen LogP contribution in [0.1, 0.15) is 57.2 Å². The topological polar surface area (TPSA) is 9.86 Å². The van der Waals surface area contributed by atoms with Gasteiger partial charge in [0.15, 0.2) is 0 Å². The number of hydrogen-bond donors (Lipinski definition) is 0. The minimum Gasteiger partial charge on any atom is -0.334 e. The van der Waals surface area contributed by atoms with E-state index < -0.39 is 0 Å². The molecule has 0 atom stereocenters. The fourth-order valence-corrected chi connectivity index (χ4v) is 7.47. The van der Waals surface area contributed by atoms with E-state index in [1.54, 1.807) is 0 Å². The Balaban J connectivity index is 1.59. The molecule has 7 aromatic rings. The number of rotatable bonds is 3. The van der Waals surface area contributed by atoms with E-state index in [-0.39, 0.29) is 10.8 Å². The quantitative estimate of drug-likeness (QED) is 0.214. The SMILES string of the molecule is CC1(C)CCC(C)(C)c2cc3c(cc21)c1ccc2c4ccccc4n(Cc4ccccc4)c2c1n3-c1ccccc1. The Kier molecular flexibility index (Phi) is 5.14. The van der Waals surface area contributed by atoms with E-state index in [2.05, 4.69) is 146 Å². The summed E-state index contributed by atoms with van der Waals surface area (Å²) in [6.07, 6.45) is 2.42. The maximum Gasteiger partial charge on any atom is 0.0785 e. The lowest BCUT2D eigenvalue weighted by atomic mass is 9.63. The van der Waals surface area contributed by atoms with Crippen LogP contribution in [0.4, 0.5) is 0 Å². The summed E-state index contributed by atoms with van der Waals surface area (Å²) >= 11 is 0. The Labute approximate surface area is 241 Å². The van der Waals surface area contributed by atoms with E-state index in [4.69, 9.17) is 0 Å². The van der Waals surface area contributed by atoms with E-state index in [0.717, 1.165) is 6.54 Å². The first-order chi connectivity index (χ1) is 19.8. The van der Waals surface area contributed by atoms with Crippen molar-refractivity contribution in [2.24, 2.45) is 0 Å². The van der Waals surface area contributed by atoms with Crippen molar-refractivity contribution in [2.75, 3.05) is 0 Å². The van der Waals surface area contributed by atoms with Crippen LogP contribution in [0.15, 0.2) is 109 Å². The third kappa shape index (κ3) is 3.56. The van der Waals surface area contributed by atoms with E-state index in [1.165, 1.54) is 78.8 Å². The highest BCUT2D eigenvalue weighted by molar-refractivity contribution is 6.23. The van der Waals surface area contributed by atoms with Gasteiger partial charge in [-0.3, -0.25) is 0 Å². The molecular weight excluding hydrogens is 496 g/mol. The maximum atomic E-state index is 2.55. The molecule has 0 unspecified atom stereocenters. The van der Waals surface area contributed by atoms with Crippen LogP contribution in [-0.2, 0) is 17.4 Å². The fraction of sp³-hybridized carbons (Fsp3) is 0.231. The molecule has 2 heteroatoms. The van der Waals surface area contributed by atoms with Crippen molar-refractivity contribution >= 4 is 43.6 Å². The van der Waals surface area contributed by atoms with Gasteiger partial charge in [0.25, 0.3) is 0 Å². The van der Waals surface area contributed by atoms with E-state index in [0.29, 0.717) is 0 Å². The highest BCUT2D eigenvalue weighted by Crippen LogP contribution is 2.49. The molecule has 0 spiro atoms. The Morgan fingerprint density at radius 2 is 1.12 bits per heavy atom. The highest BCUT2D eigenvalue weighted by Gasteiger charge is 2.38. The second-order valence-electron chi connectivity index (χ2n) is 13.3. The van der Waals surface area contributed by atoms with Crippen LogP contribution < -0.4 is 0 Å². The number of aromatic nitrogens is 2. The summed E-state index contributed by atoms with van der Waals surface area (Å²) in [5, 5.41) is 5.31. The predicted octanol–water partition coefficient (Wildman–Crippen LogP) is 10.3. The lowest BCUT2D eigenvalue weighted by Gasteiger charge is -2.42. The Morgan fingerprint density at radius 1 is 0.537 bits per heavy atom. The smallest absolute Gasteiger partial charge is 0.0785 e. The largest absolute Gasteiger partial charge is 0.334 e. The van der Waals surface area contributed by atoms with Gasteiger partial charge in [0.05, 0.1) is 16.6 Å². The molecule has 5 aromatic carbocycles. The van der Waals surface area contributed by atoms with Crippen LogP contribution in [0.3, 0.4) is 0 Å². The molecule has 1 aliphatic carbocycles. The average molecular weight is 533 g/mol. The number of para-hydroxylation sites is 2. The Morgan fingerprint density at radius 3 is 1.83 bits per heavy atom. The van der Waals surface area contributed by atoms with E-state index in [1.807, 2.05) is 0 Å². The van der Waals surface area contributed by atoms with Gasteiger partial charge in [0.1, 0.15) is 0 Å². The third-order valence-electron chi connectivity index (χ3n) is 9.83. The van der Waals surface area contributed by atoms with Gasteiger partial charge >= 0.3 is 0 Å². The highest BCUT2D eigenvalue weighted by atomic mass is 15.0. The van der Waals surface area contributed by atoms with Crippen LogP contribution in [0.25, 0.3) is 49.3 Å². The number of fused-ring (bicyclic) bond motifs is 8. The van der Waals surface area contributed by atoms with Gasteiger partial charge in [-0.15, -0.1) is 0 Å². The number of hydrogen-bond acceptors (Lipinski definition) is 0. The zero-order chi connectivity index (χ0) is 27.9. The van der Waals surface area contributed by atoms with Crippen molar-refractivity contribution < 1.29 is 0 Å². The summed E-state index contributed by atoms with van der Waals surface area (Å²) in [6, 6.07) is 40.6. The van der Waals surface area contributed by atoms with E-state index >= 15 is 0 Å². The van der Waals surface area contributed by atoms with Crippen molar-refractivity contribution in [2.45, 2.75) is 57.9 Å². The maximum absolute atomic E-state index is 2.55. The fourth-order valence-electron chi connectivity index (χ4n) is 7.47. The number of benzene rings is 5. The van der Waals surface area contributed by atoms with Gasteiger partial charge in [-0.25, -0.2) is 0 Å². The van der Waals surface area contributed by atoms with Gasteiger partial charge in [-0.2, -0.15) is 0 Å². The first-order valence-electron chi connectivity index (χ1n) is 15.0. The van der Waals surface area contributed by atoms with Crippen LogP contribution in [-0.4, -0.2) is 9.13 Å². The molecule has 1 aliphatic rings. The average Bonchev–Trinajstić information content (AvgIpc) is 3.48. The molecule has 0 amide bonds. The molecule has 0 aliphatic heterocycles. The summed E-state index contributed by atoms with van der Waals surface area (Å²) in [5.41, 5.74) is 11.0. The van der Waals surface area contributed by atoms with Crippen molar-refractivity contribution in [1.29, 1.82) is 0 Å². The molecule has 0 saturated carbocycles. The Hall–Kier alpha value is -4.30. The number of nitrogens with zero attached hydrogens (tertiary/aromatic N) is 2. The van der Waals surface area contributed by atoms with Gasteiger partial charge in [-0.1, -0.05) is 107 Å². The summed E-state index contributed by atoms with van der Waals surface area (Å²) in [5.74, 6) is 0.